The SMILES string of the molecule is CCOC1(c2ncc(CNC3CC3)s2)CCC(C)CC1. The lowest BCUT2D eigenvalue weighted by atomic mass is 9.80. The van der Waals surface area contributed by atoms with Gasteiger partial charge in [-0.15, -0.1) is 11.3 Å². The van der Waals surface area contributed by atoms with Gasteiger partial charge in [0.2, 0.25) is 0 Å². The van der Waals surface area contributed by atoms with Crippen LogP contribution >= 0.6 is 11.3 Å². The van der Waals surface area contributed by atoms with E-state index in [1.807, 2.05) is 17.5 Å². The topological polar surface area (TPSA) is 34.1 Å². The van der Waals surface area contributed by atoms with E-state index >= 15 is 0 Å². The molecule has 1 aromatic heterocycles. The molecule has 0 aromatic carbocycles. The molecule has 0 radical (unpaired) electrons. The predicted octanol–water partition coefficient (Wildman–Crippen LogP) is 3.84. The summed E-state index contributed by atoms with van der Waals surface area (Å²) in [6, 6.07) is 0.761. The van der Waals surface area contributed by atoms with Crippen LogP contribution in [0.1, 0.15) is 62.3 Å². The van der Waals surface area contributed by atoms with Gasteiger partial charge in [0, 0.05) is 30.3 Å². The van der Waals surface area contributed by atoms with E-state index in [4.69, 9.17) is 9.72 Å². The number of hydrogen-bond donors (Lipinski definition) is 1. The van der Waals surface area contributed by atoms with Crippen molar-refractivity contribution in [3.05, 3.63) is 16.1 Å². The zero-order valence-electron chi connectivity index (χ0n) is 12.7. The van der Waals surface area contributed by atoms with Crippen LogP contribution in [-0.4, -0.2) is 17.6 Å². The smallest absolute Gasteiger partial charge is 0.125 e. The van der Waals surface area contributed by atoms with Crippen molar-refractivity contribution in [3.8, 4) is 0 Å². The van der Waals surface area contributed by atoms with E-state index in [9.17, 15) is 0 Å². The van der Waals surface area contributed by atoms with Crippen molar-refractivity contribution in [1.82, 2.24) is 10.3 Å². The third-order valence-corrected chi connectivity index (χ3v) is 5.77. The second kappa shape index (κ2) is 6.12. The van der Waals surface area contributed by atoms with Gasteiger partial charge < -0.3 is 10.1 Å². The highest BCUT2D eigenvalue weighted by Crippen LogP contribution is 2.43. The quantitative estimate of drug-likeness (QED) is 0.865. The third kappa shape index (κ3) is 3.23. The highest BCUT2D eigenvalue weighted by atomic mass is 32.1. The van der Waals surface area contributed by atoms with E-state index in [1.165, 1.54) is 35.6 Å². The lowest BCUT2D eigenvalue weighted by Crippen LogP contribution is -2.34. The van der Waals surface area contributed by atoms with Crippen LogP contribution in [0.5, 0.6) is 0 Å². The molecule has 0 unspecified atom stereocenters. The minimum Gasteiger partial charge on any atom is -0.368 e. The van der Waals surface area contributed by atoms with Crippen LogP contribution in [0, 0.1) is 5.92 Å². The second-order valence-corrected chi connectivity index (χ2v) is 7.51. The van der Waals surface area contributed by atoms with Gasteiger partial charge in [0.25, 0.3) is 0 Å². The number of nitrogens with one attached hydrogen (secondary N) is 1. The van der Waals surface area contributed by atoms with Crippen molar-refractivity contribution < 1.29 is 4.74 Å². The maximum Gasteiger partial charge on any atom is 0.125 e. The molecule has 1 N–H and O–H groups in total. The highest BCUT2D eigenvalue weighted by molar-refractivity contribution is 7.11. The molecule has 20 heavy (non-hydrogen) atoms. The summed E-state index contributed by atoms with van der Waals surface area (Å²) in [6.07, 6.45) is 9.51. The molecule has 1 aromatic rings. The molecule has 2 saturated carbocycles. The first-order valence-electron chi connectivity index (χ1n) is 8.04. The Balaban J connectivity index is 1.69. The number of aromatic nitrogens is 1. The number of rotatable bonds is 6. The minimum atomic E-state index is -0.0935. The van der Waals surface area contributed by atoms with Crippen LogP contribution in [0.3, 0.4) is 0 Å². The summed E-state index contributed by atoms with van der Waals surface area (Å²) in [5.41, 5.74) is -0.0935. The van der Waals surface area contributed by atoms with Crippen LogP contribution in [0.4, 0.5) is 0 Å². The fourth-order valence-electron chi connectivity index (χ4n) is 3.06. The number of hydrogen-bond acceptors (Lipinski definition) is 4. The molecule has 2 aliphatic rings. The standard InChI is InChI=1S/C16H26N2OS/c1-3-19-16(8-6-12(2)7-9-16)15-18-11-14(20-15)10-17-13-4-5-13/h11-13,17H,3-10H2,1-2H3. The van der Waals surface area contributed by atoms with E-state index in [0.717, 1.165) is 38.0 Å². The van der Waals surface area contributed by atoms with Crippen molar-refractivity contribution in [1.29, 1.82) is 0 Å². The summed E-state index contributed by atoms with van der Waals surface area (Å²) in [7, 11) is 0. The molecule has 3 nitrogen and oxygen atoms in total. The van der Waals surface area contributed by atoms with E-state index in [-0.39, 0.29) is 5.60 Å². The average Bonchev–Trinajstić information content (AvgIpc) is 3.16. The summed E-state index contributed by atoms with van der Waals surface area (Å²) in [4.78, 5) is 6.06. The molecular formula is C16H26N2OS. The lowest BCUT2D eigenvalue weighted by Gasteiger charge is -2.37. The summed E-state index contributed by atoms with van der Waals surface area (Å²) in [5, 5.41) is 4.78. The first kappa shape index (κ1) is 14.5. The van der Waals surface area contributed by atoms with Crippen LogP contribution in [0.15, 0.2) is 6.20 Å². The normalized spacial score (nSPS) is 30.6. The molecule has 4 heteroatoms. The summed E-state index contributed by atoms with van der Waals surface area (Å²) in [6.45, 7) is 6.20. The van der Waals surface area contributed by atoms with Gasteiger partial charge >= 0.3 is 0 Å². The van der Waals surface area contributed by atoms with E-state index in [2.05, 4.69) is 19.2 Å². The Kier molecular flexibility index (Phi) is 4.43. The average molecular weight is 294 g/mol. The fraction of sp³-hybridized carbons (Fsp3) is 0.812. The zero-order valence-corrected chi connectivity index (χ0v) is 13.5. The van der Waals surface area contributed by atoms with E-state index in [1.54, 1.807) is 0 Å². The molecule has 0 bridgehead atoms. The Morgan fingerprint density at radius 1 is 1.35 bits per heavy atom. The van der Waals surface area contributed by atoms with Gasteiger partial charge in [-0.3, -0.25) is 0 Å². The van der Waals surface area contributed by atoms with Crippen molar-refractivity contribution in [2.75, 3.05) is 6.61 Å². The molecule has 1 heterocycles. The van der Waals surface area contributed by atoms with Gasteiger partial charge in [0.05, 0.1) is 0 Å². The largest absolute Gasteiger partial charge is 0.368 e. The van der Waals surface area contributed by atoms with E-state index in [0.29, 0.717) is 0 Å². The minimum absolute atomic E-state index is 0.0935. The second-order valence-electron chi connectivity index (χ2n) is 6.40. The molecule has 0 saturated heterocycles. The molecule has 3 rings (SSSR count). The predicted molar refractivity (Wildman–Crippen MR) is 82.9 cm³/mol. The lowest BCUT2D eigenvalue weighted by molar-refractivity contribution is -0.0776. The monoisotopic (exact) mass is 294 g/mol. The molecule has 0 amide bonds. The van der Waals surface area contributed by atoms with Gasteiger partial charge in [-0.2, -0.15) is 0 Å². The molecule has 0 spiro atoms. The molecule has 2 aliphatic carbocycles. The fourth-order valence-corrected chi connectivity index (χ4v) is 4.12. The maximum absolute atomic E-state index is 6.18. The molecule has 112 valence electrons. The van der Waals surface area contributed by atoms with Crippen LogP contribution in [-0.2, 0) is 16.9 Å². The number of ether oxygens (including phenoxy) is 1. The Bertz CT molecular complexity index is 433. The van der Waals surface area contributed by atoms with Crippen molar-refractivity contribution in [2.24, 2.45) is 5.92 Å². The van der Waals surface area contributed by atoms with Crippen molar-refractivity contribution in [3.63, 3.8) is 0 Å². The number of nitrogens with zero attached hydrogens (tertiary/aromatic N) is 1. The first-order valence-corrected chi connectivity index (χ1v) is 8.86. The summed E-state index contributed by atoms with van der Waals surface area (Å²) >= 11 is 1.85. The Hall–Kier alpha value is -0.450. The van der Waals surface area contributed by atoms with Crippen LogP contribution < -0.4 is 5.32 Å². The first-order chi connectivity index (χ1) is 9.72. The molecule has 2 fully saturated rings. The third-order valence-electron chi connectivity index (χ3n) is 4.59. The van der Waals surface area contributed by atoms with Gasteiger partial charge in [0.1, 0.15) is 10.6 Å². The molecular weight excluding hydrogens is 268 g/mol. The van der Waals surface area contributed by atoms with Gasteiger partial charge in [-0.1, -0.05) is 6.92 Å². The van der Waals surface area contributed by atoms with Gasteiger partial charge in [0.15, 0.2) is 0 Å². The maximum atomic E-state index is 6.18. The Morgan fingerprint density at radius 2 is 2.10 bits per heavy atom. The van der Waals surface area contributed by atoms with Crippen molar-refractivity contribution >= 4 is 11.3 Å². The van der Waals surface area contributed by atoms with Crippen LogP contribution in [0.25, 0.3) is 0 Å². The molecule has 0 aliphatic heterocycles. The Morgan fingerprint density at radius 3 is 2.75 bits per heavy atom. The Labute approximate surface area is 126 Å². The zero-order chi connectivity index (χ0) is 14.0. The highest BCUT2D eigenvalue weighted by Gasteiger charge is 2.39. The number of thiazole rings is 1. The summed E-state index contributed by atoms with van der Waals surface area (Å²) < 4.78 is 6.18. The van der Waals surface area contributed by atoms with Gasteiger partial charge in [-0.05, 0) is 51.4 Å². The van der Waals surface area contributed by atoms with E-state index < -0.39 is 0 Å². The molecule has 0 atom stereocenters. The summed E-state index contributed by atoms with van der Waals surface area (Å²) in [5.74, 6) is 0.833. The van der Waals surface area contributed by atoms with Crippen LogP contribution in [0.2, 0.25) is 0 Å². The van der Waals surface area contributed by atoms with Gasteiger partial charge in [-0.25, -0.2) is 4.98 Å². The van der Waals surface area contributed by atoms with Crippen molar-refractivity contribution in [2.45, 2.75) is 70.6 Å².